The molecule has 5 nitrogen and oxygen atoms in total. The van der Waals surface area contributed by atoms with Crippen LogP contribution in [0, 0.1) is 0 Å². The van der Waals surface area contributed by atoms with Crippen LogP contribution in [0.3, 0.4) is 0 Å². The van der Waals surface area contributed by atoms with Gasteiger partial charge >= 0.3 is 5.97 Å². The zero-order valence-corrected chi connectivity index (χ0v) is 12.9. The summed E-state index contributed by atoms with van der Waals surface area (Å²) in [5.74, 6) is -0.156. The monoisotopic (exact) mass is 291 g/mol. The van der Waals surface area contributed by atoms with Crippen molar-refractivity contribution in [1.29, 1.82) is 0 Å². The highest BCUT2D eigenvalue weighted by Crippen LogP contribution is 2.14. The first-order valence-corrected chi connectivity index (χ1v) is 7.73. The molecule has 1 aliphatic rings. The third-order valence-corrected chi connectivity index (χ3v) is 3.87. The fourth-order valence-electron chi connectivity index (χ4n) is 2.69. The molecule has 1 aromatic rings. The Labute approximate surface area is 126 Å². The normalized spacial score (nSPS) is 18.4. The van der Waals surface area contributed by atoms with Gasteiger partial charge in [-0.05, 0) is 57.5 Å². The zero-order chi connectivity index (χ0) is 15.1. The van der Waals surface area contributed by atoms with Gasteiger partial charge in [0, 0.05) is 25.0 Å². The fraction of sp³-hybridized carbons (Fsp3) is 0.625. The molecule has 0 aliphatic carbocycles. The highest BCUT2D eigenvalue weighted by atomic mass is 16.5. The Balaban J connectivity index is 1.72. The molecule has 1 aromatic heterocycles. The van der Waals surface area contributed by atoms with Gasteiger partial charge in [-0.25, -0.2) is 0 Å². The number of carbonyl (C=O) groups excluding carboxylic acids is 1. The molecule has 1 unspecified atom stereocenters. The molecule has 0 saturated carbocycles. The Morgan fingerprint density at radius 1 is 1.43 bits per heavy atom. The average molecular weight is 291 g/mol. The zero-order valence-electron chi connectivity index (χ0n) is 12.9. The number of hydrogen-bond donors (Lipinski definition) is 1. The molecule has 0 radical (unpaired) electrons. The highest BCUT2D eigenvalue weighted by Gasteiger charge is 2.23. The van der Waals surface area contributed by atoms with Crippen LogP contribution in [0.5, 0.6) is 0 Å². The topological polar surface area (TPSA) is 54.5 Å². The number of nitrogens with one attached hydrogen (secondary N) is 1. The fourth-order valence-corrected chi connectivity index (χ4v) is 2.69. The van der Waals surface area contributed by atoms with E-state index in [4.69, 9.17) is 4.74 Å². The lowest BCUT2D eigenvalue weighted by atomic mass is 10.0. The molecule has 1 atom stereocenters. The van der Waals surface area contributed by atoms with E-state index in [9.17, 15) is 4.79 Å². The van der Waals surface area contributed by atoms with E-state index in [0.717, 1.165) is 32.5 Å². The van der Waals surface area contributed by atoms with Crippen molar-refractivity contribution in [2.24, 2.45) is 0 Å². The van der Waals surface area contributed by atoms with E-state index >= 15 is 0 Å². The number of rotatable bonds is 6. The van der Waals surface area contributed by atoms with Gasteiger partial charge in [0.05, 0.1) is 6.61 Å². The molecule has 5 heteroatoms. The average Bonchev–Trinajstić information content (AvgIpc) is 2.50. The van der Waals surface area contributed by atoms with Gasteiger partial charge in [-0.15, -0.1) is 0 Å². The number of ether oxygens (including phenoxy) is 1. The molecular formula is C16H25N3O2. The van der Waals surface area contributed by atoms with Crippen LogP contribution in [-0.4, -0.2) is 47.6 Å². The van der Waals surface area contributed by atoms with E-state index in [2.05, 4.69) is 27.3 Å². The Kier molecular flexibility index (Phi) is 6.14. The van der Waals surface area contributed by atoms with Crippen molar-refractivity contribution >= 4 is 5.97 Å². The van der Waals surface area contributed by atoms with Crippen molar-refractivity contribution in [2.45, 2.75) is 45.3 Å². The van der Waals surface area contributed by atoms with Crippen LogP contribution < -0.4 is 5.32 Å². The standard InChI is InChI=1S/C16H25N3O2/c1-3-21-16(20)13(2)18-15-6-10-19(11-7-15)12-14-4-8-17-9-5-14/h4-5,8-9,13,15,18H,3,6-7,10-12H2,1-2H3. The maximum Gasteiger partial charge on any atom is 0.322 e. The van der Waals surface area contributed by atoms with Gasteiger partial charge in [0.15, 0.2) is 0 Å². The third-order valence-electron chi connectivity index (χ3n) is 3.87. The first-order chi connectivity index (χ1) is 10.2. The molecule has 1 saturated heterocycles. The van der Waals surface area contributed by atoms with E-state index < -0.39 is 0 Å². The lowest BCUT2D eigenvalue weighted by molar-refractivity contribution is -0.145. The quantitative estimate of drug-likeness (QED) is 0.807. The summed E-state index contributed by atoms with van der Waals surface area (Å²) >= 11 is 0. The summed E-state index contributed by atoms with van der Waals surface area (Å²) in [5, 5.41) is 3.38. The van der Waals surface area contributed by atoms with Gasteiger partial charge in [0.1, 0.15) is 6.04 Å². The number of hydrogen-bond acceptors (Lipinski definition) is 5. The number of piperidine rings is 1. The molecule has 21 heavy (non-hydrogen) atoms. The van der Waals surface area contributed by atoms with Crippen LogP contribution >= 0.6 is 0 Å². The number of esters is 1. The first-order valence-electron chi connectivity index (χ1n) is 7.73. The molecule has 2 heterocycles. The summed E-state index contributed by atoms with van der Waals surface area (Å²) in [4.78, 5) is 18.1. The number of likely N-dealkylation sites (tertiary alicyclic amines) is 1. The van der Waals surface area contributed by atoms with E-state index in [1.165, 1.54) is 5.56 Å². The minimum absolute atomic E-state index is 0.156. The minimum Gasteiger partial charge on any atom is -0.465 e. The molecular weight excluding hydrogens is 266 g/mol. The number of aromatic nitrogens is 1. The summed E-state index contributed by atoms with van der Waals surface area (Å²) in [5.41, 5.74) is 1.30. The highest BCUT2D eigenvalue weighted by molar-refractivity contribution is 5.75. The summed E-state index contributed by atoms with van der Waals surface area (Å²) in [6.45, 7) is 7.23. The van der Waals surface area contributed by atoms with Crippen LogP contribution in [-0.2, 0) is 16.1 Å². The summed E-state index contributed by atoms with van der Waals surface area (Å²) in [6, 6.07) is 4.31. The molecule has 1 fully saturated rings. The van der Waals surface area contributed by atoms with Gasteiger partial charge < -0.3 is 10.1 Å². The second-order valence-electron chi connectivity index (χ2n) is 5.55. The molecule has 116 valence electrons. The molecule has 1 aliphatic heterocycles. The molecule has 0 aromatic carbocycles. The summed E-state index contributed by atoms with van der Waals surface area (Å²) in [7, 11) is 0. The van der Waals surface area contributed by atoms with Gasteiger partial charge in [0.2, 0.25) is 0 Å². The Morgan fingerprint density at radius 3 is 2.71 bits per heavy atom. The Bertz CT molecular complexity index is 430. The van der Waals surface area contributed by atoms with Gasteiger partial charge in [-0.1, -0.05) is 0 Å². The molecule has 1 N–H and O–H groups in total. The maximum absolute atomic E-state index is 11.6. The lowest BCUT2D eigenvalue weighted by Crippen LogP contribution is -2.47. The second kappa shape index (κ2) is 8.10. The van der Waals surface area contributed by atoms with Crippen LogP contribution in [0.1, 0.15) is 32.3 Å². The smallest absolute Gasteiger partial charge is 0.322 e. The van der Waals surface area contributed by atoms with Crippen LogP contribution in [0.2, 0.25) is 0 Å². The maximum atomic E-state index is 11.6. The molecule has 0 bridgehead atoms. The summed E-state index contributed by atoms with van der Waals surface area (Å²) < 4.78 is 5.03. The largest absolute Gasteiger partial charge is 0.465 e. The number of pyridine rings is 1. The predicted molar refractivity (Wildman–Crippen MR) is 81.8 cm³/mol. The summed E-state index contributed by atoms with van der Waals surface area (Å²) in [6.07, 6.45) is 5.80. The van der Waals surface area contributed by atoms with Crippen molar-refractivity contribution < 1.29 is 9.53 Å². The van der Waals surface area contributed by atoms with Crippen LogP contribution in [0.4, 0.5) is 0 Å². The number of nitrogens with zero attached hydrogens (tertiary/aromatic N) is 2. The Hall–Kier alpha value is -1.46. The van der Waals surface area contributed by atoms with Gasteiger partial charge in [-0.3, -0.25) is 14.7 Å². The van der Waals surface area contributed by atoms with E-state index in [1.54, 1.807) is 0 Å². The molecule has 0 spiro atoms. The van der Waals surface area contributed by atoms with Gasteiger partial charge in [0.25, 0.3) is 0 Å². The van der Waals surface area contributed by atoms with Crippen LogP contribution in [0.15, 0.2) is 24.5 Å². The third kappa shape index (κ3) is 5.10. The van der Waals surface area contributed by atoms with Crippen molar-refractivity contribution in [3.05, 3.63) is 30.1 Å². The SMILES string of the molecule is CCOC(=O)C(C)NC1CCN(Cc2ccncc2)CC1. The Morgan fingerprint density at radius 2 is 2.10 bits per heavy atom. The number of carbonyl (C=O) groups is 1. The van der Waals surface area contributed by atoms with E-state index in [1.807, 2.05) is 26.2 Å². The van der Waals surface area contributed by atoms with Crippen molar-refractivity contribution in [2.75, 3.05) is 19.7 Å². The van der Waals surface area contributed by atoms with Crippen molar-refractivity contribution in [1.82, 2.24) is 15.2 Å². The van der Waals surface area contributed by atoms with Crippen LogP contribution in [0.25, 0.3) is 0 Å². The van der Waals surface area contributed by atoms with Crippen molar-refractivity contribution in [3.8, 4) is 0 Å². The lowest BCUT2D eigenvalue weighted by Gasteiger charge is -2.33. The minimum atomic E-state index is -0.221. The first kappa shape index (κ1) is 15.9. The van der Waals surface area contributed by atoms with Gasteiger partial charge in [-0.2, -0.15) is 0 Å². The molecule has 0 amide bonds. The van der Waals surface area contributed by atoms with Crippen molar-refractivity contribution in [3.63, 3.8) is 0 Å². The predicted octanol–water partition coefficient (Wildman–Crippen LogP) is 1.59. The van der Waals surface area contributed by atoms with E-state index in [-0.39, 0.29) is 12.0 Å². The van der Waals surface area contributed by atoms with E-state index in [0.29, 0.717) is 12.6 Å². The second-order valence-corrected chi connectivity index (χ2v) is 5.55. The molecule has 2 rings (SSSR count).